The summed E-state index contributed by atoms with van der Waals surface area (Å²) in [5, 5.41) is -0.467. The van der Waals surface area contributed by atoms with Gasteiger partial charge in [0, 0.05) is 6.42 Å². The summed E-state index contributed by atoms with van der Waals surface area (Å²) in [5.74, 6) is -0.180. The second-order valence-corrected chi connectivity index (χ2v) is 6.44. The summed E-state index contributed by atoms with van der Waals surface area (Å²) in [5.41, 5.74) is 0. The fourth-order valence-electron chi connectivity index (χ4n) is 2.11. The lowest BCUT2D eigenvalue weighted by atomic mass is 10.1. The number of carbonyl (C=O) groups is 1. The normalized spacial score (nSPS) is 19.8. The molecule has 0 aliphatic heterocycles. The van der Waals surface area contributed by atoms with Crippen LogP contribution < -0.4 is 4.72 Å². The quantitative estimate of drug-likeness (QED) is 0.742. The minimum absolute atomic E-state index is 0.201. The Kier molecular flexibility index (Phi) is 5.18. The van der Waals surface area contributed by atoms with Crippen LogP contribution in [0.25, 0.3) is 0 Å². The van der Waals surface area contributed by atoms with E-state index in [0.717, 1.165) is 12.8 Å². The molecule has 0 saturated heterocycles. The summed E-state index contributed by atoms with van der Waals surface area (Å²) < 4.78 is 25.8. The molecule has 4 nitrogen and oxygen atoms in total. The molecule has 0 heterocycles. The lowest BCUT2D eigenvalue weighted by Gasteiger charge is -2.15. The number of nitrogens with one attached hydrogen (secondary N) is 1. The topological polar surface area (TPSA) is 63.2 Å². The summed E-state index contributed by atoms with van der Waals surface area (Å²) in [4.78, 5) is 11.6. The molecule has 1 amide bonds. The van der Waals surface area contributed by atoms with Crippen molar-refractivity contribution in [3.63, 3.8) is 0 Å². The highest BCUT2D eigenvalue weighted by Crippen LogP contribution is 2.20. The minimum Gasteiger partial charge on any atom is -0.274 e. The van der Waals surface area contributed by atoms with Crippen LogP contribution in [0.4, 0.5) is 0 Å². The first kappa shape index (κ1) is 14.2. The Morgan fingerprint density at radius 2 is 2.06 bits per heavy atom. The number of carbonyl (C=O) groups excluding carboxylic acids is 1. The number of amides is 1. The maximum absolute atomic E-state index is 11.8. The van der Waals surface area contributed by atoms with Gasteiger partial charge in [-0.3, -0.25) is 9.52 Å². The smallest absolute Gasteiger partial charge is 0.237 e. The Hall–Kier alpha value is -0.840. The van der Waals surface area contributed by atoms with E-state index in [2.05, 4.69) is 4.72 Å². The van der Waals surface area contributed by atoms with E-state index in [9.17, 15) is 13.2 Å². The van der Waals surface area contributed by atoms with E-state index in [1.807, 2.05) is 26.0 Å². The maximum Gasteiger partial charge on any atom is 0.237 e. The van der Waals surface area contributed by atoms with Crippen LogP contribution in [0.5, 0.6) is 0 Å². The predicted octanol–water partition coefficient (Wildman–Crippen LogP) is 1.98. The van der Waals surface area contributed by atoms with Crippen LogP contribution in [0, 0.1) is 5.92 Å². The summed E-state index contributed by atoms with van der Waals surface area (Å²) in [6.07, 6.45) is 7.28. The molecule has 0 fully saturated rings. The van der Waals surface area contributed by atoms with E-state index in [0.29, 0.717) is 12.8 Å². The van der Waals surface area contributed by atoms with Crippen LogP contribution in [0.15, 0.2) is 12.2 Å². The number of hydrogen-bond donors (Lipinski definition) is 1. The van der Waals surface area contributed by atoms with Crippen LogP contribution in [0.2, 0.25) is 0 Å². The Labute approximate surface area is 104 Å². The summed E-state index contributed by atoms with van der Waals surface area (Å²) in [6.45, 7) is 3.63. The molecule has 0 radical (unpaired) electrons. The second-order valence-electron chi connectivity index (χ2n) is 4.48. The van der Waals surface area contributed by atoms with E-state index in [4.69, 9.17) is 0 Å². The van der Waals surface area contributed by atoms with Gasteiger partial charge in [0.2, 0.25) is 15.9 Å². The molecule has 1 atom stereocenters. The van der Waals surface area contributed by atoms with Crippen LogP contribution >= 0.6 is 0 Å². The van der Waals surface area contributed by atoms with Crippen molar-refractivity contribution < 1.29 is 13.2 Å². The van der Waals surface area contributed by atoms with E-state index in [1.54, 1.807) is 0 Å². The van der Waals surface area contributed by atoms with Crippen molar-refractivity contribution in [1.29, 1.82) is 0 Å². The molecule has 17 heavy (non-hydrogen) atoms. The maximum atomic E-state index is 11.8. The van der Waals surface area contributed by atoms with E-state index < -0.39 is 15.3 Å². The van der Waals surface area contributed by atoms with Gasteiger partial charge in [-0.2, -0.15) is 0 Å². The highest BCUT2D eigenvalue weighted by molar-refractivity contribution is 7.90. The van der Waals surface area contributed by atoms with E-state index in [1.165, 1.54) is 0 Å². The first-order chi connectivity index (χ1) is 7.99. The van der Waals surface area contributed by atoms with Gasteiger partial charge in [0.25, 0.3) is 0 Å². The number of allylic oxidation sites excluding steroid dienone is 2. The van der Waals surface area contributed by atoms with Gasteiger partial charge < -0.3 is 0 Å². The third kappa shape index (κ3) is 4.15. The average molecular weight is 259 g/mol. The number of rotatable bonds is 6. The van der Waals surface area contributed by atoms with Gasteiger partial charge in [-0.05, 0) is 31.6 Å². The van der Waals surface area contributed by atoms with Crippen molar-refractivity contribution >= 4 is 15.9 Å². The van der Waals surface area contributed by atoms with Gasteiger partial charge in [0.05, 0.1) is 5.25 Å². The Balaban J connectivity index is 2.52. The highest BCUT2D eigenvalue weighted by Gasteiger charge is 2.25. The largest absolute Gasteiger partial charge is 0.274 e. The van der Waals surface area contributed by atoms with Gasteiger partial charge >= 0.3 is 0 Å². The zero-order chi connectivity index (χ0) is 12.9. The van der Waals surface area contributed by atoms with E-state index in [-0.39, 0.29) is 18.2 Å². The number of sulfonamides is 1. The van der Waals surface area contributed by atoms with Crippen molar-refractivity contribution in [2.24, 2.45) is 5.92 Å². The summed E-state index contributed by atoms with van der Waals surface area (Å²) >= 11 is 0. The molecule has 5 heteroatoms. The first-order valence-electron chi connectivity index (χ1n) is 6.20. The molecule has 0 bridgehead atoms. The van der Waals surface area contributed by atoms with Gasteiger partial charge in [0.1, 0.15) is 0 Å². The molecular formula is C12H21NO3S. The van der Waals surface area contributed by atoms with Gasteiger partial charge in [0.15, 0.2) is 0 Å². The molecular weight excluding hydrogens is 238 g/mol. The van der Waals surface area contributed by atoms with Crippen molar-refractivity contribution in [2.75, 3.05) is 0 Å². The first-order valence-corrected chi connectivity index (χ1v) is 7.75. The highest BCUT2D eigenvalue weighted by atomic mass is 32.2. The Bertz CT molecular complexity index is 383. The number of hydrogen-bond acceptors (Lipinski definition) is 3. The molecule has 1 aliphatic rings. The molecule has 0 aromatic rings. The van der Waals surface area contributed by atoms with Gasteiger partial charge in [-0.25, -0.2) is 8.42 Å². The fraction of sp³-hybridized carbons (Fsp3) is 0.750. The molecule has 0 aromatic carbocycles. The van der Waals surface area contributed by atoms with Crippen molar-refractivity contribution in [2.45, 2.75) is 51.2 Å². The average Bonchev–Trinajstić information content (AvgIpc) is 2.70. The summed E-state index contributed by atoms with van der Waals surface area (Å²) in [6, 6.07) is 0. The summed E-state index contributed by atoms with van der Waals surface area (Å²) in [7, 11) is -3.49. The van der Waals surface area contributed by atoms with Crippen molar-refractivity contribution in [3.8, 4) is 0 Å². The third-order valence-electron chi connectivity index (χ3n) is 3.17. The molecule has 0 aromatic heterocycles. The van der Waals surface area contributed by atoms with Gasteiger partial charge in [-0.15, -0.1) is 0 Å². The molecule has 0 unspecified atom stereocenters. The predicted molar refractivity (Wildman–Crippen MR) is 67.9 cm³/mol. The molecule has 1 aliphatic carbocycles. The zero-order valence-electron chi connectivity index (χ0n) is 10.5. The Morgan fingerprint density at radius 1 is 1.41 bits per heavy atom. The lowest BCUT2D eigenvalue weighted by molar-refractivity contribution is -0.119. The third-order valence-corrected chi connectivity index (χ3v) is 5.22. The van der Waals surface area contributed by atoms with Crippen LogP contribution in [-0.2, 0) is 14.8 Å². The van der Waals surface area contributed by atoms with Crippen molar-refractivity contribution in [3.05, 3.63) is 12.2 Å². The molecule has 0 spiro atoms. The lowest BCUT2D eigenvalue weighted by Crippen LogP contribution is -2.38. The molecule has 98 valence electrons. The Morgan fingerprint density at radius 3 is 2.53 bits per heavy atom. The zero-order valence-corrected chi connectivity index (χ0v) is 11.3. The van der Waals surface area contributed by atoms with E-state index >= 15 is 0 Å². The SMILES string of the molecule is CCC(CC)S(=O)(=O)NC(=O)C[C@@H]1C=CCC1. The van der Waals surface area contributed by atoms with Crippen molar-refractivity contribution in [1.82, 2.24) is 4.72 Å². The van der Waals surface area contributed by atoms with Crippen LogP contribution in [0.3, 0.4) is 0 Å². The molecule has 0 saturated carbocycles. The van der Waals surface area contributed by atoms with Crippen LogP contribution in [-0.4, -0.2) is 19.6 Å². The second kappa shape index (κ2) is 6.19. The molecule has 1 rings (SSSR count). The minimum atomic E-state index is -3.49. The van der Waals surface area contributed by atoms with Gasteiger partial charge in [-0.1, -0.05) is 26.0 Å². The standard InChI is InChI=1S/C12H21NO3S/c1-3-11(4-2)17(15,16)13-12(14)9-10-7-5-6-8-10/h5,7,10-11H,3-4,6,8-9H2,1-2H3,(H,13,14)/t10-/m1/s1. The molecule has 1 N–H and O–H groups in total. The monoisotopic (exact) mass is 259 g/mol. The van der Waals surface area contributed by atoms with Crippen LogP contribution in [0.1, 0.15) is 46.0 Å². The fourth-order valence-corrected chi connectivity index (χ4v) is 3.56.